The van der Waals surface area contributed by atoms with Crippen molar-refractivity contribution in [2.75, 3.05) is 31.1 Å². The lowest BCUT2D eigenvalue weighted by Gasteiger charge is -2.34. The summed E-state index contributed by atoms with van der Waals surface area (Å²) in [5.74, 6) is 0.868. The first-order valence-electron chi connectivity index (χ1n) is 6.94. The van der Waals surface area contributed by atoms with E-state index in [-0.39, 0.29) is 0 Å². The van der Waals surface area contributed by atoms with E-state index < -0.39 is 0 Å². The smallest absolute Gasteiger partial charge is 0.150 e. The Bertz CT molecular complexity index is 433. The van der Waals surface area contributed by atoms with Crippen molar-refractivity contribution in [1.82, 2.24) is 14.9 Å². The second-order valence-electron chi connectivity index (χ2n) is 5.46. The molecule has 104 valence electrons. The summed E-state index contributed by atoms with van der Waals surface area (Å²) >= 11 is 6.16. The highest BCUT2D eigenvalue weighted by Gasteiger charge is 2.31. The molecular formula is C13H20ClN5. The third kappa shape index (κ3) is 2.83. The highest BCUT2D eigenvalue weighted by atomic mass is 35.5. The Kier molecular flexibility index (Phi) is 3.86. The fourth-order valence-electron chi connectivity index (χ4n) is 3.06. The fourth-order valence-corrected chi connectivity index (χ4v) is 3.28. The van der Waals surface area contributed by atoms with Gasteiger partial charge in [0.2, 0.25) is 0 Å². The zero-order chi connectivity index (χ0) is 13.2. The van der Waals surface area contributed by atoms with Crippen LogP contribution in [0.2, 0.25) is 5.02 Å². The summed E-state index contributed by atoms with van der Waals surface area (Å²) in [6, 6.07) is 1.00. The molecule has 5 nitrogen and oxygen atoms in total. The van der Waals surface area contributed by atoms with E-state index in [1.165, 1.54) is 6.42 Å². The fraction of sp³-hybridized carbons (Fsp3) is 0.692. The maximum atomic E-state index is 6.16. The van der Waals surface area contributed by atoms with Crippen molar-refractivity contribution in [3.8, 4) is 0 Å². The van der Waals surface area contributed by atoms with Crippen molar-refractivity contribution < 1.29 is 0 Å². The van der Waals surface area contributed by atoms with Crippen LogP contribution < -0.4 is 10.6 Å². The first kappa shape index (κ1) is 13.1. The Morgan fingerprint density at radius 2 is 2.00 bits per heavy atom. The Morgan fingerprint density at radius 3 is 2.74 bits per heavy atom. The molecule has 0 spiro atoms. The van der Waals surface area contributed by atoms with Crippen LogP contribution in [0.3, 0.4) is 0 Å². The van der Waals surface area contributed by atoms with E-state index in [9.17, 15) is 0 Å². The second-order valence-corrected chi connectivity index (χ2v) is 5.86. The van der Waals surface area contributed by atoms with Crippen molar-refractivity contribution in [2.24, 2.45) is 5.73 Å². The molecule has 0 amide bonds. The number of halogens is 1. The summed E-state index contributed by atoms with van der Waals surface area (Å²) < 4.78 is 0. The molecular weight excluding hydrogens is 262 g/mol. The molecule has 3 rings (SSSR count). The van der Waals surface area contributed by atoms with Gasteiger partial charge in [0.1, 0.15) is 11.3 Å². The molecule has 0 saturated carbocycles. The first-order valence-corrected chi connectivity index (χ1v) is 7.32. The average molecular weight is 282 g/mol. The van der Waals surface area contributed by atoms with Crippen LogP contribution in [-0.4, -0.2) is 53.1 Å². The minimum Gasteiger partial charge on any atom is -0.354 e. The molecule has 2 saturated heterocycles. The minimum atomic E-state index is 0.394. The van der Waals surface area contributed by atoms with E-state index >= 15 is 0 Å². The normalized spacial score (nSPS) is 26.0. The molecule has 0 aliphatic carbocycles. The monoisotopic (exact) mass is 281 g/mol. The molecule has 1 aromatic rings. The van der Waals surface area contributed by atoms with Crippen molar-refractivity contribution in [1.29, 1.82) is 0 Å². The minimum absolute atomic E-state index is 0.394. The summed E-state index contributed by atoms with van der Waals surface area (Å²) in [6.07, 6.45) is 6.64. The van der Waals surface area contributed by atoms with E-state index in [4.69, 9.17) is 17.3 Å². The molecule has 0 aromatic carbocycles. The highest BCUT2D eigenvalue weighted by molar-refractivity contribution is 6.32. The van der Waals surface area contributed by atoms with E-state index in [1.54, 1.807) is 12.5 Å². The highest BCUT2D eigenvalue weighted by Crippen LogP contribution is 2.27. The van der Waals surface area contributed by atoms with Crippen molar-refractivity contribution in [3.05, 3.63) is 17.5 Å². The van der Waals surface area contributed by atoms with Gasteiger partial charge in [-0.2, -0.15) is 0 Å². The van der Waals surface area contributed by atoms with Crippen molar-refractivity contribution >= 4 is 17.4 Å². The Hall–Kier alpha value is -0.910. The SMILES string of the molecule is NC1CCN(C2CCN(c3ncncc3Cl)C2)CC1. The molecule has 2 aliphatic heterocycles. The van der Waals surface area contributed by atoms with Gasteiger partial charge in [0, 0.05) is 25.2 Å². The number of nitrogens with zero attached hydrogens (tertiary/aromatic N) is 4. The molecule has 0 radical (unpaired) electrons. The number of nitrogens with two attached hydrogens (primary N) is 1. The molecule has 1 atom stereocenters. The van der Waals surface area contributed by atoms with Crippen LogP contribution in [0.25, 0.3) is 0 Å². The number of anilines is 1. The molecule has 3 heterocycles. The molecule has 2 aliphatic rings. The van der Waals surface area contributed by atoms with E-state index in [2.05, 4.69) is 19.8 Å². The third-order valence-corrected chi connectivity index (χ3v) is 4.47. The van der Waals surface area contributed by atoms with Gasteiger partial charge in [0.05, 0.1) is 6.20 Å². The van der Waals surface area contributed by atoms with Gasteiger partial charge >= 0.3 is 0 Å². The Morgan fingerprint density at radius 1 is 1.21 bits per heavy atom. The van der Waals surface area contributed by atoms with Crippen molar-refractivity contribution in [2.45, 2.75) is 31.3 Å². The maximum absolute atomic E-state index is 6.16. The lowest BCUT2D eigenvalue weighted by atomic mass is 10.0. The summed E-state index contributed by atoms with van der Waals surface area (Å²) in [5, 5.41) is 0.642. The Labute approximate surface area is 118 Å². The van der Waals surface area contributed by atoms with Crippen LogP contribution in [0.1, 0.15) is 19.3 Å². The lowest BCUT2D eigenvalue weighted by molar-refractivity contribution is 0.163. The van der Waals surface area contributed by atoms with E-state index in [1.807, 2.05) is 0 Å². The number of likely N-dealkylation sites (tertiary alicyclic amines) is 1. The number of aromatic nitrogens is 2. The van der Waals surface area contributed by atoms with Gasteiger partial charge in [-0.3, -0.25) is 4.90 Å². The van der Waals surface area contributed by atoms with Crippen LogP contribution in [0.5, 0.6) is 0 Å². The molecule has 0 bridgehead atoms. The standard InChI is InChI=1S/C13H20ClN5/c14-12-7-16-9-17-13(12)19-6-3-11(8-19)18-4-1-10(15)2-5-18/h7,9-11H,1-6,8,15H2. The van der Waals surface area contributed by atoms with Crippen LogP contribution in [0.4, 0.5) is 5.82 Å². The number of hydrogen-bond acceptors (Lipinski definition) is 5. The quantitative estimate of drug-likeness (QED) is 0.881. The van der Waals surface area contributed by atoms with Crippen LogP contribution in [0.15, 0.2) is 12.5 Å². The van der Waals surface area contributed by atoms with Gasteiger partial charge < -0.3 is 10.6 Å². The predicted molar refractivity (Wildman–Crippen MR) is 76.4 cm³/mol. The van der Waals surface area contributed by atoms with Crippen molar-refractivity contribution in [3.63, 3.8) is 0 Å². The summed E-state index contributed by atoms with van der Waals surface area (Å²) in [6.45, 7) is 4.27. The van der Waals surface area contributed by atoms with Gasteiger partial charge in [0.25, 0.3) is 0 Å². The van der Waals surface area contributed by atoms with Crippen LogP contribution >= 0.6 is 11.6 Å². The lowest BCUT2D eigenvalue weighted by Crippen LogP contribution is -2.46. The van der Waals surface area contributed by atoms with E-state index in [0.717, 1.165) is 44.8 Å². The first-order chi connectivity index (χ1) is 9.24. The van der Waals surface area contributed by atoms with Gasteiger partial charge in [-0.1, -0.05) is 11.6 Å². The van der Waals surface area contributed by atoms with Gasteiger partial charge in [-0.25, -0.2) is 9.97 Å². The summed E-state index contributed by atoms with van der Waals surface area (Å²) in [4.78, 5) is 13.1. The van der Waals surface area contributed by atoms with E-state index in [0.29, 0.717) is 17.1 Å². The number of hydrogen-bond donors (Lipinski definition) is 1. The zero-order valence-electron chi connectivity index (χ0n) is 11.0. The Balaban J connectivity index is 1.63. The number of rotatable bonds is 2. The molecule has 2 fully saturated rings. The van der Waals surface area contributed by atoms with Gasteiger partial charge in [0.15, 0.2) is 5.82 Å². The molecule has 6 heteroatoms. The average Bonchev–Trinajstić information content (AvgIpc) is 2.89. The summed E-state index contributed by atoms with van der Waals surface area (Å²) in [7, 11) is 0. The second kappa shape index (κ2) is 5.61. The van der Waals surface area contributed by atoms with Crippen LogP contribution in [-0.2, 0) is 0 Å². The summed E-state index contributed by atoms with van der Waals surface area (Å²) in [5.41, 5.74) is 5.96. The van der Waals surface area contributed by atoms with Crippen LogP contribution in [0, 0.1) is 0 Å². The topological polar surface area (TPSA) is 58.3 Å². The molecule has 19 heavy (non-hydrogen) atoms. The molecule has 1 aromatic heterocycles. The maximum Gasteiger partial charge on any atom is 0.150 e. The zero-order valence-corrected chi connectivity index (χ0v) is 11.8. The van der Waals surface area contributed by atoms with Gasteiger partial charge in [-0.05, 0) is 32.4 Å². The third-order valence-electron chi connectivity index (χ3n) is 4.20. The predicted octanol–water partition coefficient (Wildman–Crippen LogP) is 1.13. The van der Waals surface area contributed by atoms with Gasteiger partial charge in [-0.15, -0.1) is 0 Å². The number of piperidine rings is 1. The molecule has 2 N–H and O–H groups in total. The largest absolute Gasteiger partial charge is 0.354 e. The molecule has 1 unspecified atom stereocenters.